The van der Waals surface area contributed by atoms with Gasteiger partial charge in [-0.1, -0.05) is 64.1 Å². The first-order valence-corrected chi connectivity index (χ1v) is 9.90. The van der Waals surface area contributed by atoms with Crippen LogP contribution in [0.15, 0.2) is 53.2 Å². The molecule has 0 aromatic heterocycles. The van der Waals surface area contributed by atoms with Gasteiger partial charge in [-0.05, 0) is 67.9 Å². The maximum Gasteiger partial charge on any atom is 0.0696 e. The van der Waals surface area contributed by atoms with Gasteiger partial charge in [0.1, 0.15) is 0 Å². The van der Waals surface area contributed by atoms with Crippen LogP contribution in [0.2, 0.25) is 0 Å². The lowest BCUT2D eigenvalue weighted by molar-refractivity contribution is 0.865. The second-order valence-electron chi connectivity index (χ2n) is 8.07. The first-order chi connectivity index (χ1) is 12.7. The zero-order valence-electron chi connectivity index (χ0n) is 18.1. The van der Waals surface area contributed by atoms with E-state index in [2.05, 4.69) is 103 Å². The molecule has 2 nitrogen and oxygen atoms in total. The minimum absolute atomic E-state index is 0.459. The maximum atomic E-state index is 4.94. The molecule has 0 atom stereocenters. The number of aryl methyl sites for hydroxylation is 2. The monoisotopic (exact) mass is 362 g/mol. The van der Waals surface area contributed by atoms with Crippen molar-refractivity contribution in [3.63, 3.8) is 0 Å². The van der Waals surface area contributed by atoms with E-state index in [-0.39, 0.29) is 0 Å². The normalized spacial score (nSPS) is 12.8. The van der Waals surface area contributed by atoms with Crippen LogP contribution >= 0.6 is 0 Å². The second-order valence-corrected chi connectivity index (χ2v) is 8.07. The number of allylic oxidation sites excluding steroid dienone is 2. The topological polar surface area (TPSA) is 24.4 Å². The third-order valence-electron chi connectivity index (χ3n) is 4.85. The molecule has 0 unspecified atom stereocenters. The van der Waals surface area contributed by atoms with Crippen molar-refractivity contribution in [2.75, 3.05) is 5.32 Å². The molecular weight excluding hydrogens is 328 g/mol. The molecule has 0 amide bonds. The average Bonchev–Trinajstić information content (AvgIpc) is 2.57. The molecule has 0 heterocycles. The summed E-state index contributed by atoms with van der Waals surface area (Å²) in [5, 5.41) is 3.61. The Bertz CT molecular complexity index is 855. The molecule has 0 aliphatic heterocycles. The van der Waals surface area contributed by atoms with Crippen LogP contribution in [0.4, 0.5) is 11.4 Å². The summed E-state index contributed by atoms with van der Waals surface area (Å²) < 4.78 is 0. The van der Waals surface area contributed by atoms with Crippen LogP contribution in [0.5, 0.6) is 0 Å². The van der Waals surface area contributed by atoms with Crippen LogP contribution in [0.1, 0.15) is 75.6 Å². The highest BCUT2D eigenvalue weighted by molar-refractivity contribution is 5.96. The molecule has 27 heavy (non-hydrogen) atoms. The van der Waals surface area contributed by atoms with Gasteiger partial charge in [-0.3, -0.25) is 4.99 Å². The van der Waals surface area contributed by atoms with Crippen molar-refractivity contribution in [1.82, 2.24) is 0 Å². The van der Waals surface area contributed by atoms with E-state index in [0.29, 0.717) is 11.8 Å². The largest absolute Gasteiger partial charge is 0.359 e. The van der Waals surface area contributed by atoms with Gasteiger partial charge in [0.15, 0.2) is 0 Å². The first-order valence-electron chi connectivity index (χ1n) is 9.90. The van der Waals surface area contributed by atoms with Crippen molar-refractivity contribution in [3.8, 4) is 0 Å². The van der Waals surface area contributed by atoms with E-state index in [9.17, 15) is 0 Å². The smallest absolute Gasteiger partial charge is 0.0696 e. The number of anilines is 1. The molecule has 0 radical (unpaired) electrons. The predicted molar refractivity (Wildman–Crippen MR) is 121 cm³/mol. The molecule has 144 valence electrons. The van der Waals surface area contributed by atoms with Crippen LogP contribution in [0, 0.1) is 13.8 Å². The third kappa shape index (κ3) is 5.32. The number of nitrogens with one attached hydrogen (secondary N) is 1. The van der Waals surface area contributed by atoms with Crippen LogP contribution in [-0.2, 0) is 0 Å². The highest BCUT2D eigenvalue weighted by Gasteiger charge is 2.10. The summed E-state index contributed by atoms with van der Waals surface area (Å²) in [6.45, 7) is 17.4. The second kappa shape index (κ2) is 9.03. The van der Waals surface area contributed by atoms with Gasteiger partial charge in [0, 0.05) is 17.1 Å². The van der Waals surface area contributed by atoms with E-state index < -0.39 is 0 Å². The molecule has 2 aromatic rings. The number of benzene rings is 2. The molecule has 0 saturated carbocycles. The number of aliphatic imine (C=N–C) groups is 1. The van der Waals surface area contributed by atoms with Gasteiger partial charge in [0.2, 0.25) is 0 Å². The maximum absolute atomic E-state index is 4.94. The Kier molecular flexibility index (Phi) is 7.01. The summed E-state index contributed by atoms with van der Waals surface area (Å²) in [5.41, 5.74) is 9.57. The van der Waals surface area contributed by atoms with Gasteiger partial charge in [-0.2, -0.15) is 0 Å². The molecule has 2 heteroatoms. The molecule has 0 fully saturated rings. The number of hydrogen-bond acceptors (Lipinski definition) is 2. The summed E-state index contributed by atoms with van der Waals surface area (Å²) in [7, 11) is 0. The molecule has 2 rings (SSSR count). The molecule has 0 bridgehead atoms. The summed E-state index contributed by atoms with van der Waals surface area (Å²) in [6.07, 6.45) is 2.13. The quantitative estimate of drug-likeness (QED) is 0.524. The van der Waals surface area contributed by atoms with Crippen molar-refractivity contribution in [1.29, 1.82) is 0 Å². The average molecular weight is 363 g/mol. The lowest BCUT2D eigenvalue weighted by atomic mass is 9.98. The summed E-state index contributed by atoms with van der Waals surface area (Å²) in [5.74, 6) is 0.941. The molecule has 0 spiro atoms. The Morgan fingerprint density at radius 2 is 1.41 bits per heavy atom. The molecular formula is C25H34N2. The fourth-order valence-electron chi connectivity index (χ4n) is 3.40. The summed E-state index contributed by atoms with van der Waals surface area (Å²) in [6, 6.07) is 12.9. The van der Waals surface area contributed by atoms with Crippen molar-refractivity contribution in [2.45, 2.75) is 67.2 Å². The molecule has 2 aromatic carbocycles. The van der Waals surface area contributed by atoms with Crippen molar-refractivity contribution in [3.05, 3.63) is 70.4 Å². The molecule has 0 saturated heterocycles. The Balaban J connectivity index is 2.34. The molecule has 1 N–H and O–H groups in total. The Hall–Kier alpha value is -2.35. The third-order valence-corrected chi connectivity index (χ3v) is 4.85. The number of hydrogen-bond donors (Lipinski definition) is 1. The van der Waals surface area contributed by atoms with E-state index in [0.717, 1.165) is 17.1 Å². The van der Waals surface area contributed by atoms with Crippen LogP contribution in [0.25, 0.3) is 0 Å². The fraction of sp³-hybridized carbons (Fsp3) is 0.400. The van der Waals surface area contributed by atoms with E-state index in [1.165, 1.54) is 27.9 Å². The predicted octanol–water partition coefficient (Wildman–Crippen LogP) is 7.66. The van der Waals surface area contributed by atoms with Crippen LogP contribution in [0.3, 0.4) is 0 Å². The van der Waals surface area contributed by atoms with Gasteiger partial charge in [0.25, 0.3) is 0 Å². The van der Waals surface area contributed by atoms with Crippen LogP contribution < -0.4 is 5.32 Å². The zero-order valence-corrected chi connectivity index (χ0v) is 18.1. The highest BCUT2D eigenvalue weighted by Crippen LogP contribution is 2.31. The van der Waals surface area contributed by atoms with Gasteiger partial charge in [0.05, 0.1) is 5.69 Å². The van der Waals surface area contributed by atoms with Gasteiger partial charge < -0.3 is 5.32 Å². The first kappa shape index (κ1) is 21.0. The van der Waals surface area contributed by atoms with E-state index in [1.807, 2.05) is 0 Å². The van der Waals surface area contributed by atoms with E-state index >= 15 is 0 Å². The molecule has 0 aliphatic carbocycles. The van der Waals surface area contributed by atoms with Gasteiger partial charge >= 0.3 is 0 Å². The Morgan fingerprint density at radius 3 is 2.00 bits per heavy atom. The zero-order chi connectivity index (χ0) is 20.1. The lowest BCUT2D eigenvalue weighted by Crippen LogP contribution is -2.04. The van der Waals surface area contributed by atoms with E-state index in [4.69, 9.17) is 4.99 Å². The molecule has 0 aliphatic rings. The van der Waals surface area contributed by atoms with E-state index in [1.54, 1.807) is 0 Å². The van der Waals surface area contributed by atoms with Crippen molar-refractivity contribution >= 4 is 17.1 Å². The van der Waals surface area contributed by atoms with Gasteiger partial charge in [-0.25, -0.2) is 0 Å². The Morgan fingerprint density at radius 1 is 0.852 bits per heavy atom. The minimum atomic E-state index is 0.459. The Labute approximate surface area is 165 Å². The fourth-order valence-corrected chi connectivity index (χ4v) is 3.40. The lowest BCUT2D eigenvalue weighted by Gasteiger charge is -2.18. The standard InChI is InChI=1S/C25H34N2/c1-16(2)22-13-9-11-18(5)24(22)26-20(7)15-21(8)27-25-19(6)12-10-14-23(25)17(3)4/h9-17,26H,1-8H3/b20-15-,27-21?. The highest BCUT2D eigenvalue weighted by atomic mass is 14.9. The van der Waals surface area contributed by atoms with Crippen LogP contribution in [-0.4, -0.2) is 5.71 Å². The number of nitrogens with zero attached hydrogens (tertiary/aromatic N) is 1. The minimum Gasteiger partial charge on any atom is -0.359 e. The van der Waals surface area contributed by atoms with Crippen molar-refractivity contribution < 1.29 is 0 Å². The summed E-state index contributed by atoms with van der Waals surface area (Å²) >= 11 is 0. The number of para-hydroxylation sites is 2. The van der Waals surface area contributed by atoms with Gasteiger partial charge in [-0.15, -0.1) is 0 Å². The number of rotatable bonds is 6. The summed E-state index contributed by atoms with van der Waals surface area (Å²) in [4.78, 5) is 4.94. The van der Waals surface area contributed by atoms with Crippen molar-refractivity contribution in [2.24, 2.45) is 4.99 Å². The SMILES string of the molecule is CC(/C=C(/C)Nc1c(C)cccc1C(C)C)=Nc1c(C)cccc1C(C)C.